The maximum atomic E-state index is 10.7. The summed E-state index contributed by atoms with van der Waals surface area (Å²) in [5, 5.41) is 0. The van der Waals surface area contributed by atoms with Gasteiger partial charge in [-0.15, -0.1) is 0 Å². The Morgan fingerprint density at radius 3 is 3.00 bits per heavy atom. The Kier molecular flexibility index (Phi) is 2.26. The molecular weight excluding hydrogens is 126 g/mol. The molecule has 0 saturated heterocycles. The lowest BCUT2D eigenvalue weighted by Crippen LogP contribution is -2.05. The molecule has 1 aromatic rings. The van der Waals surface area contributed by atoms with Crippen molar-refractivity contribution in [3.05, 3.63) is 34.2 Å². The molecule has 10 heavy (non-hydrogen) atoms. The molecule has 0 atom stereocenters. The van der Waals surface area contributed by atoms with Gasteiger partial charge in [0, 0.05) is 13.2 Å². The lowest BCUT2D eigenvalue weighted by molar-refractivity contribution is 0.875. The number of aromatic amines is 1. The van der Waals surface area contributed by atoms with E-state index in [9.17, 15) is 4.79 Å². The third-order valence-electron chi connectivity index (χ3n) is 1.35. The predicted molar refractivity (Wildman–Crippen MR) is 43.2 cm³/mol. The van der Waals surface area contributed by atoms with Crippen molar-refractivity contribution in [2.45, 2.75) is 19.8 Å². The summed E-state index contributed by atoms with van der Waals surface area (Å²) in [6, 6.07) is 5.24. The highest BCUT2D eigenvalue weighted by Gasteiger charge is 1.88. The van der Waals surface area contributed by atoms with Crippen molar-refractivity contribution in [3.63, 3.8) is 0 Å². The molecule has 2 nitrogen and oxygen atoms in total. The molecular formula is C8H13NO. The standard InChI is InChI=1S/C8H11NO.H2/c1-2-4-7-5-3-6-8(10)9-7;/h3,5-6H,2,4H2,1H3,(H,9,10);1H. The number of pyridine rings is 1. The average molecular weight is 139 g/mol. The predicted octanol–water partition coefficient (Wildman–Crippen LogP) is 1.57. The van der Waals surface area contributed by atoms with E-state index >= 15 is 0 Å². The van der Waals surface area contributed by atoms with E-state index in [1.807, 2.05) is 6.07 Å². The summed E-state index contributed by atoms with van der Waals surface area (Å²) in [6.45, 7) is 2.09. The van der Waals surface area contributed by atoms with Crippen LogP contribution in [0.3, 0.4) is 0 Å². The van der Waals surface area contributed by atoms with Crippen molar-refractivity contribution >= 4 is 0 Å². The first-order valence-electron chi connectivity index (χ1n) is 3.51. The van der Waals surface area contributed by atoms with Crippen molar-refractivity contribution in [1.29, 1.82) is 0 Å². The van der Waals surface area contributed by atoms with Gasteiger partial charge in [0.05, 0.1) is 0 Å². The second-order valence-corrected chi connectivity index (χ2v) is 2.29. The Balaban J connectivity index is 0.000001000. The molecule has 1 heterocycles. The van der Waals surface area contributed by atoms with E-state index in [4.69, 9.17) is 0 Å². The van der Waals surface area contributed by atoms with Gasteiger partial charge in [-0.1, -0.05) is 19.4 Å². The maximum Gasteiger partial charge on any atom is 0.248 e. The van der Waals surface area contributed by atoms with E-state index < -0.39 is 0 Å². The summed E-state index contributed by atoms with van der Waals surface area (Å²) in [4.78, 5) is 13.5. The molecule has 0 saturated carbocycles. The van der Waals surface area contributed by atoms with Crippen LogP contribution in [0.1, 0.15) is 20.5 Å². The quantitative estimate of drug-likeness (QED) is 0.662. The van der Waals surface area contributed by atoms with Gasteiger partial charge in [0.2, 0.25) is 5.56 Å². The fourth-order valence-corrected chi connectivity index (χ4v) is 0.908. The van der Waals surface area contributed by atoms with E-state index in [-0.39, 0.29) is 6.99 Å². The van der Waals surface area contributed by atoms with Gasteiger partial charge < -0.3 is 4.98 Å². The van der Waals surface area contributed by atoms with E-state index in [0.29, 0.717) is 0 Å². The molecule has 0 bridgehead atoms. The molecule has 1 N–H and O–H groups in total. The number of hydrogen-bond donors (Lipinski definition) is 1. The third-order valence-corrected chi connectivity index (χ3v) is 1.35. The molecule has 0 aliphatic rings. The molecule has 0 aliphatic heterocycles. The normalized spacial score (nSPS) is 9.70. The van der Waals surface area contributed by atoms with Gasteiger partial charge >= 0.3 is 0 Å². The summed E-state index contributed by atoms with van der Waals surface area (Å²) >= 11 is 0. The Morgan fingerprint density at radius 1 is 1.60 bits per heavy atom. The van der Waals surface area contributed by atoms with Crippen LogP contribution in [0, 0.1) is 0 Å². The zero-order chi connectivity index (χ0) is 7.40. The lowest BCUT2D eigenvalue weighted by Gasteiger charge is -1.94. The van der Waals surface area contributed by atoms with Crippen molar-refractivity contribution in [1.82, 2.24) is 4.98 Å². The monoisotopic (exact) mass is 139 g/mol. The van der Waals surface area contributed by atoms with Crippen molar-refractivity contribution < 1.29 is 1.43 Å². The second-order valence-electron chi connectivity index (χ2n) is 2.29. The topological polar surface area (TPSA) is 32.9 Å². The zero-order valence-corrected chi connectivity index (χ0v) is 6.05. The number of H-pyrrole nitrogens is 1. The summed E-state index contributed by atoms with van der Waals surface area (Å²) < 4.78 is 0. The van der Waals surface area contributed by atoms with E-state index in [2.05, 4.69) is 11.9 Å². The van der Waals surface area contributed by atoms with Crippen LogP contribution in [-0.4, -0.2) is 4.98 Å². The highest BCUT2D eigenvalue weighted by Crippen LogP contribution is 1.93. The molecule has 0 radical (unpaired) electrons. The van der Waals surface area contributed by atoms with Gasteiger partial charge in [-0.25, -0.2) is 0 Å². The Bertz CT molecular complexity index is 256. The zero-order valence-electron chi connectivity index (χ0n) is 6.05. The van der Waals surface area contributed by atoms with Gasteiger partial charge in [0.15, 0.2) is 0 Å². The molecule has 0 fully saturated rings. The van der Waals surface area contributed by atoms with Crippen molar-refractivity contribution in [3.8, 4) is 0 Å². The van der Waals surface area contributed by atoms with E-state index in [1.54, 1.807) is 6.07 Å². The van der Waals surface area contributed by atoms with Crippen LogP contribution in [-0.2, 0) is 6.42 Å². The van der Waals surface area contributed by atoms with Gasteiger partial charge in [-0.3, -0.25) is 4.79 Å². The molecule has 0 aromatic carbocycles. The molecule has 0 unspecified atom stereocenters. The summed E-state index contributed by atoms with van der Waals surface area (Å²) in [7, 11) is 0. The summed E-state index contributed by atoms with van der Waals surface area (Å²) in [5.74, 6) is 0. The highest BCUT2D eigenvalue weighted by molar-refractivity contribution is 5.03. The fourth-order valence-electron chi connectivity index (χ4n) is 0.908. The van der Waals surface area contributed by atoms with Gasteiger partial charge in [0.1, 0.15) is 0 Å². The minimum absolute atomic E-state index is 0. The molecule has 0 amide bonds. The third kappa shape index (κ3) is 1.72. The number of nitrogens with one attached hydrogen (secondary N) is 1. The van der Waals surface area contributed by atoms with Crippen LogP contribution in [0.4, 0.5) is 0 Å². The number of aromatic nitrogens is 1. The molecule has 56 valence electrons. The van der Waals surface area contributed by atoms with Crippen LogP contribution in [0.15, 0.2) is 23.0 Å². The van der Waals surface area contributed by atoms with Crippen LogP contribution in [0.2, 0.25) is 0 Å². The van der Waals surface area contributed by atoms with Crippen molar-refractivity contribution in [2.24, 2.45) is 0 Å². The number of rotatable bonds is 2. The van der Waals surface area contributed by atoms with E-state index in [0.717, 1.165) is 18.5 Å². The Morgan fingerprint density at radius 2 is 2.40 bits per heavy atom. The first kappa shape index (κ1) is 7.06. The van der Waals surface area contributed by atoms with Crippen molar-refractivity contribution in [2.75, 3.05) is 0 Å². The minimum atomic E-state index is -0.00838. The van der Waals surface area contributed by atoms with Gasteiger partial charge in [0.25, 0.3) is 0 Å². The molecule has 2 heteroatoms. The number of aryl methyl sites for hydroxylation is 1. The van der Waals surface area contributed by atoms with Crippen LogP contribution < -0.4 is 5.56 Å². The largest absolute Gasteiger partial charge is 0.326 e. The van der Waals surface area contributed by atoms with E-state index in [1.165, 1.54) is 6.07 Å². The first-order chi connectivity index (χ1) is 4.83. The van der Waals surface area contributed by atoms with Crippen LogP contribution in [0.5, 0.6) is 0 Å². The molecule has 0 spiro atoms. The first-order valence-corrected chi connectivity index (χ1v) is 3.51. The van der Waals surface area contributed by atoms with Crippen LogP contribution >= 0.6 is 0 Å². The average Bonchev–Trinajstić information content (AvgIpc) is 1.88. The summed E-state index contributed by atoms with van der Waals surface area (Å²) in [6.07, 6.45) is 2.02. The highest BCUT2D eigenvalue weighted by atomic mass is 16.1. The molecule has 0 aliphatic carbocycles. The summed E-state index contributed by atoms with van der Waals surface area (Å²) in [5.41, 5.74) is 1.01. The SMILES string of the molecule is CCCc1cccc(=O)[nH]1.[HH]. The smallest absolute Gasteiger partial charge is 0.248 e. The lowest BCUT2D eigenvalue weighted by atomic mass is 10.2. The Labute approximate surface area is 61.4 Å². The molecule has 1 aromatic heterocycles. The molecule has 1 rings (SSSR count). The van der Waals surface area contributed by atoms with Gasteiger partial charge in [-0.05, 0) is 12.5 Å². The van der Waals surface area contributed by atoms with Crippen LogP contribution in [0.25, 0.3) is 0 Å². The maximum absolute atomic E-state index is 10.7. The fraction of sp³-hybridized carbons (Fsp3) is 0.375. The van der Waals surface area contributed by atoms with Gasteiger partial charge in [-0.2, -0.15) is 0 Å². The second kappa shape index (κ2) is 3.20. The number of hydrogen-bond acceptors (Lipinski definition) is 1. The Hall–Kier alpha value is -1.05. The minimum Gasteiger partial charge on any atom is -0.326 e.